The summed E-state index contributed by atoms with van der Waals surface area (Å²) in [5, 5.41) is 33.5. The van der Waals surface area contributed by atoms with Gasteiger partial charge in [-0.2, -0.15) is 5.26 Å². The molecule has 2 aliphatic rings. The molecule has 0 amide bonds. The highest BCUT2D eigenvalue weighted by molar-refractivity contribution is 5.89. The Labute approximate surface area is 302 Å². The van der Waals surface area contributed by atoms with Gasteiger partial charge in [-0.3, -0.25) is 14.8 Å². The van der Waals surface area contributed by atoms with Crippen LogP contribution in [-0.4, -0.2) is 72.2 Å². The van der Waals surface area contributed by atoms with Gasteiger partial charge in [0.05, 0.1) is 17.2 Å². The standard InChI is InChI=1S/C41H42N8O3/c1-25-31(8-6-10-33(25)41-46-36-17-27(16-29(19-42)39(36)52-41)21-48-13-4-3-5-14-48)32-9-7-11-34(26(32)2)45-40-38-35(44-37(24-50)47-40)18-28(20-43-38)22-49-15-12-30(51)23-49/h6-11,16-18,20,30,50-51H,3-5,12-15,21-24H2,1-2H3,(H,44,45,47)/t30-/m1/s1. The molecule has 2 fully saturated rings. The average molecular weight is 695 g/mol. The lowest BCUT2D eigenvalue weighted by atomic mass is 9.93. The maximum atomic E-state index is 10.0. The van der Waals surface area contributed by atoms with Crippen LogP contribution >= 0.6 is 0 Å². The third kappa shape index (κ3) is 6.74. The molecule has 0 saturated carbocycles. The summed E-state index contributed by atoms with van der Waals surface area (Å²) in [6.07, 6.45) is 6.01. The lowest BCUT2D eigenvalue weighted by Gasteiger charge is -2.26. The van der Waals surface area contributed by atoms with Crippen molar-refractivity contribution in [2.24, 2.45) is 0 Å². The zero-order valence-electron chi connectivity index (χ0n) is 29.6. The molecule has 2 saturated heterocycles. The number of nitriles is 1. The fourth-order valence-corrected chi connectivity index (χ4v) is 7.67. The number of aromatic nitrogens is 4. The monoisotopic (exact) mass is 694 g/mol. The van der Waals surface area contributed by atoms with Gasteiger partial charge in [-0.15, -0.1) is 0 Å². The van der Waals surface area contributed by atoms with Crippen molar-refractivity contribution >= 4 is 33.6 Å². The number of nitrogens with one attached hydrogen (secondary N) is 1. The molecule has 0 aliphatic carbocycles. The Balaban J connectivity index is 1.10. The van der Waals surface area contributed by atoms with E-state index in [9.17, 15) is 15.5 Å². The van der Waals surface area contributed by atoms with E-state index < -0.39 is 0 Å². The van der Waals surface area contributed by atoms with Crippen LogP contribution in [0.4, 0.5) is 11.5 Å². The number of aliphatic hydroxyl groups excluding tert-OH is 2. The number of nitrogens with zero attached hydrogens (tertiary/aromatic N) is 7. The number of β-amino-alcohol motifs (C(OH)–C–C–N with tert-alkyl or cyclic N) is 1. The molecular formula is C41H42N8O3. The highest BCUT2D eigenvalue weighted by atomic mass is 16.3. The second-order valence-corrected chi connectivity index (χ2v) is 14.1. The van der Waals surface area contributed by atoms with Crippen LogP contribution in [0.5, 0.6) is 0 Å². The number of anilines is 2. The van der Waals surface area contributed by atoms with Gasteiger partial charge in [-0.25, -0.2) is 15.0 Å². The van der Waals surface area contributed by atoms with Crippen molar-refractivity contribution in [3.63, 3.8) is 0 Å². The molecule has 2 aliphatic heterocycles. The van der Waals surface area contributed by atoms with Gasteiger partial charge in [-0.05, 0) is 110 Å². The largest absolute Gasteiger partial charge is 0.435 e. The molecule has 3 aromatic carbocycles. The quantitative estimate of drug-likeness (QED) is 0.147. The Hall–Kier alpha value is -5.25. The van der Waals surface area contributed by atoms with Crippen LogP contribution in [-0.2, 0) is 19.7 Å². The van der Waals surface area contributed by atoms with E-state index >= 15 is 0 Å². The first kappa shape index (κ1) is 33.9. The highest BCUT2D eigenvalue weighted by Gasteiger charge is 2.22. The van der Waals surface area contributed by atoms with Crippen molar-refractivity contribution in [1.29, 1.82) is 5.26 Å². The summed E-state index contributed by atoms with van der Waals surface area (Å²) in [5.41, 5.74) is 10.8. The van der Waals surface area contributed by atoms with Gasteiger partial charge in [0.15, 0.2) is 17.2 Å². The molecule has 3 N–H and O–H groups in total. The van der Waals surface area contributed by atoms with Crippen molar-refractivity contribution in [3.05, 3.63) is 94.4 Å². The minimum Gasteiger partial charge on any atom is -0.435 e. The molecule has 0 unspecified atom stereocenters. The van der Waals surface area contributed by atoms with Crippen LogP contribution < -0.4 is 5.32 Å². The molecule has 1 atom stereocenters. The molecule has 0 bridgehead atoms. The average Bonchev–Trinajstić information content (AvgIpc) is 3.78. The molecular weight excluding hydrogens is 653 g/mol. The molecule has 3 aromatic heterocycles. The number of benzene rings is 3. The first-order valence-corrected chi connectivity index (χ1v) is 18.1. The molecule has 8 rings (SSSR count). The summed E-state index contributed by atoms with van der Waals surface area (Å²) < 4.78 is 6.32. The van der Waals surface area contributed by atoms with Gasteiger partial charge in [0.2, 0.25) is 5.89 Å². The van der Waals surface area contributed by atoms with Gasteiger partial charge in [0.25, 0.3) is 0 Å². The predicted molar refractivity (Wildman–Crippen MR) is 201 cm³/mol. The first-order valence-electron chi connectivity index (χ1n) is 18.1. The van der Waals surface area contributed by atoms with E-state index in [1.807, 2.05) is 42.6 Å². The van der Waals surface area contributed by atoms with Gasteiger partial charge < -0.3 is 19.9 Å². The van der Waals surface area contributed by atoms with Gasteiger partial charge in [-0.1, -0.05) is 30.7 Å². The summed E-state index contributed by atoms with van der Waals surface area (Å²) in [6.45, 7) is 8.95. The van der Waals surface area contributed by atoms with E-state index in [-0.39, 0.29) is 12.7 Å². The lowest BCUT2D eigenvalue weighted by Crippen LogP contribution is -2.29. The molecule has 11 heteroatoms. The molecule has 0 spiro atoms. The predicted octanol–water partition coefficient (Wildman–Crippen LogP) is 6.78. The minimum atomic E-state index is -0.302. The fraction of sp³-hybridized carbons (Fsp3) is 0.341. The maximum Gasteiger partial charge on any atom is 0.227 e. The van der Waals surface area contributed by atoms with E-state index in [2.05, 4.69) is 63.2 Å². The normalized spacial score (nSPS) is 16.9. The number of fused-ring (bicyclic) bond motifs is 2. The summed E-state index contributed by atoms with van der Waals surface area (Å²) in [6, 6.07) is 20.5. The van der Waals surface area contributed by atoms with Crippen LogP contribution in [0.1, 0.15) is 59.3 Å². The Kier molecular flexibility index (Phi) is 9.38. The Morgan fingerprint density at radius 1 is 0.865 bits per heavy atom. The molecule has 6 aromatic rings. The molecule has 5 heterocycles. The van der Waals surface area contributed by atoms with Crippen molar-refractivity contribution < 1.29 is 14.6 Å². The van der Waals surface area contributed by atoms with Crippen molar-refractivity contribution in [3.8, 4) is 28.7 Å². The van der Waals surface area contributed by atoms with Gasteiger partial charge in [0, 0.05) is 43.6 Å². The number of rotatable bonds is 9. The van der Waals surface area contributed by atoms with Crippen LogP contribution in [0.15, 0.2) is 65.2 Å². The van der Waals surface area contributed by atoms with Crippen molar-refractivity contribution in [2.45, 2.75) is 65.3 Å². The van der Waals surface area contributed by atoms with Crippen LogP contribution in [0.25, 0.3) is 44.7 Å². The zero-order chi connectivity index (χ0) is 35.8. The third-order valence-corrected chi connectivity index (χ3v) is 10.4. The Morgan fingerprint density at radius 2 is 1.62 bits per heavy atom. The number of oxazole rings is 1. The lowest BCUT2D eigenvalue weighted by molar-refractivity contribution is 0.175. The van der Waals surface area contributed by atoms with Crippen molar-refractivity contribution in [2.75, 3.05) is 31.5 Å². The molecule has 52 heavy (non-hydrogen) atoms. The van der Waals surface area contributed by atoms with Crippen LogP contribution in [0.3, 0.4) is 0 Å². The number of hydrogen-bond donors (Lipinski definition) is 3. The third-order valence-electron chi connectivity index (χ3n) is 10.4. The number of likely N-dealkylation sites (tertiary alicyclic amines) is 2. The summed E-state index contributed by atoms with van der Waals surface area (Å²) >= 11 is 0. The molecule has 264 valence electrons. The number of pyridine rings is 1. The summed E-state index contributed by atoms with van der Waals surface area (Å²) in [4.78, 5) is 23.5. The Morgan fingerprint density at radius 3 is 2.38 bits per heavy atom. The van der Waals surface area contributed by atoms with Crippen LogP contribution in [0.2, 0.25) is 0 Å². The van der Waals surface area contributed by atoms with E-state index in [0.717, 1.165) is 77.2 Å². The number of piperidine rings is 1. The highest BCUT2D eigenvalue weighted by Crippen LogP contribution is 2.38. The fourth-order valence-electron chi connectivity index (χ4n) is 7.67. The maximum absolute atomic E-state index is 10.0. The minimum absolute atomic E-state index is 0.292. The van der Waals surface area contributed by atoms with E-state index in [4.69, 9.17) is 14.4 Å². The second kappa shape index (κ2) is 14.4. The summed E-state index contributed by atoms with van der Waals surface area (Å²) in [7, 11) is 0. The van der Waals surface area contributed by atoms with E-state index in [0.29, 0.717) is 58.3 Å². The SMILES string of the molecule is Cc1c(Nc2nc(CO)nc3cc(CN4CC[C@@H](O)C4)cnc23)cccc1-c1cccc(-c2nc3cc(CN4CCCCC4)cc(C#N)c3o2)c1C. The van der Waals surface area contributed by atoms with E-state index in [1.54, 1.807) is 0 Å². The second-order valence-electron chi connectivity index (χ2n) is 14.1. The first-order chi connectivity index (χ1) is 25.4. The van der Waals surface area contributed by atoms with Gasteiger partial charge >= 0.3 is 0 Å². The molecule has 0 radical (unpaired) electrons. The number of hydrogen-bond acceptors (Lipinski definition) is 11. The smallest absolute Gasteiger partial charge is 0.227 e. The Bertz CT molecular complexity index is 2320. The zero-order valence-corrected chi connectivity index (χ0v) is 29.6. The van der Waals surface area contributed by atoms with Crippen LogP contribution in [0, 0.1) is 25.2 Å². The summed E-state index contributed by atoms with van der Waals surface area (Å²) in [5.74, 6) is 1.31. The van der Waals surface area contributed by atoms with Gasteiger partial charge in [0.1, 0.15) is 23.7 Å². The number of aliphatic hydroxyl groups is 2. The molecule has 11 nitrogen and oxygen atoms in total. The van der Waals surface area contributed by atoms with Crippen molar-refractivity contribution in [1.82, 2.24) is 29.7 Å². The van der Waals surface area contributed by atoms with E-state index in [1.165, 1.54) is 19.3 Å². The topological polar surface area (TPSA) is 147 Å².